The third-order valence-corrected chi connectivity index (χ3v) is 6.69. The largest absolute Gasteiger partial charge is 0.0616 e. The van der Waals surface area contributed by atoms with Gasteiger partial charge in [-0.25, -0.2) is 0 Å². The topological polar surface area (TPSA) is 0 Å². The molecule has 0 bridgehead atoms. The van der Waals surface area contributed by atoms with E-state index in [2.05, 4.69) is 84.9 Å². The van der Waals surface area contributed by atoms with Gasteiger partial charge in [-0.2, -0.15) is 0 Å². The molecule has 0 heteroatoms. The number of hydrogen-bond donors (Lipinski definition) is 0. The Hall–Kier alpha value is -3.38. The summed E-state index contributed by atoms with van der Waals surface area (Å²) in [6, 6.07) is 31.7. The Bertz CT molecular complexity index is 1480. The molecule has 1 aliphatic rings. The highest BCUT2D eigenvalue weighted by molar-refractivity contribution is 6.40. The van der Waals surface area contributed by atoms with Crippen molar-refractivity contribution < 1.29 is 0 Å². The van der Waals surface area contributed by atoms with E-state index in [1.54, 1.807) is 0 Å². The molecule has 6 aromatic carbocycles. The fourth-order valence-corrected chi connectivity index (χ4v) is 5.59. The lowest BCUT2D eigenvalue weighted by atomic mass is 9.81. The lowest BCUT2D eigenvalue weighted by molar-refractivity contribution is 0.969. The van der Waals surface area contributed by atoms with Gasteiger partial charge in [0.2, 0.25) is 0 Å². The first kappa shape index (κ1) is 14.6. The van der Waals surface area contributed by atoms with Gasteiger partial charge in [0.15, 0.2) is 0 Å². The number of fused-ring (bicyclic) bond motifs is 8. The van der Waals surface area contributed by atoms with Crippen molar-refractivity contribution in [3.8, 4) is 0 Å². The van der Waals surface area contributed by atoms with Crippen molar-refractivity contribution >= 4 is 53.9 Å². The zero-order valence-corrected chi connectivity index (χ0v) is 15.5. The van der Waals surface area contributed by atoms with E-state index in [1.165, 1.54) is 65.0 Å². The van der Waals surface area contributed by atoms with E-state index < -0.39 is 0 Å². The van der Waals surface area contributed by atoms with Crippen molar-refractivity contribution in [1.82, 2.24) is 0 Å². The van der Waals surface area contributed by atoms with Crippen LogP contribution in [0.15, 0.2) is 84.9 Å². The fraction of sp³-hybridized carbons (Fsp3) is 0.0714. The van der Waals surface area contributed by atoms with E-state index in [0.717, 1.165) is 12.8 Å². The van der Waals surface area contributed by atoms with E-state index in [0.29, 0.717) is 0 Å². The van der Waals surface area contributed by atoms with Crippen LogP contribution in [-0.2, 0) is 12.8 Å². The van der Waals surface area contributed by atoms with E-state index >= 15 is 0 Å². The molecule has 0 saturated carbocycles. The molecule has 0 atom stereocenters. The maximum absolute atomic E-state index is 2.34. The maximum atomic E-state index is 2.34. The molecule has 28 heavy (non-hydrogen) atoms. The average Bonchev–Trinajstić information content (AvgIpc) is 2.77. The van der Waals surface area contributed by atoms with Gasteiger partial charge < -0.3 is 0 Å². The van der Waals surface area contributed by atoms with Crippen molar-refractivity contribution in [3.63, 3.8) is 0 Å². The van der Waals surface area contributed by atoms with Crippen LogP contribution in [0, 0.1) is 0 Å². The van der Waals surface area contributed by atoms with Crippen LogP contribution >= 0.6 is 0 Å². The highest BCUT2D eigenvalue weighted by Gasteiger charge is 2.20. The SMILES string of the molecule is c1ccc2c(c1)c1ccccc1c1c3cccc4c3c3c(cccc3c21)CC4. The third kappa shape index (κ3) is 1.67. The van der Waals surface area contributed by atoms with Crippen LogP contribution in [0.4, 0.5) is 0 Å². The highest BCUT2D eigenvalue weighted by Crippen LogP contribution is 2.46. The Morgan fingerprint density at radius 2 is 0.714 bits per heavy atom. The Morgan fingerprint density at radius 3 is 1.18 bits per heavy atom. The molecule has 0 aromatic heterocycles. The van der Waals surface area contributed by atoms with Crippen LogP contribution in [0.1, 0.15) is 11.1 Å². The summed E-state index contributed by atoms with van der Waals surface area (Å²) < 4.78 is 0. The van der Waals surface area contributed by atoms with E-state index in [-0.39, 0.29) is 0 Å². The van der Waals surface area contributed by atoms with Gasteiger partial charge in [-0.1, -0.05) is 84.9 Å². The maximum Gasteiger partial charge on any atom is -0.00138 e. The second-order valence-electron chi connectivity index (χ2n) is 8.02. The molecular weight excluding hydrogens is 336 g/mol. The van der Waals surface area contributed by atoms with Crippen molar-refractivity contribution in [2.75, 3.05) is 0 Å². The standard InChI is InChI=1S/C28H18/c1-3-11-21-19(9-1)20-10-2-4-12-22(20)28-24-14-6-8-18-16-15-17-7-5-13-23(27(21)28)25(17)26(18)24/h1-14H,15-16H2. The predicted molar refractivity (Wildman–Crippen MR) is 121 cm³/mol. The quantitative estimate of drug-likeness (QED) is 0.247. The highest BCUT2D eigenvalue weighted by atomic mass is 14.2. The Kier molecular flexibility index (Phi) is 2.67. The number of aryl methyl sites for hydroxylation is 2. The average molecular weight is 354 g/mol. The summed E-state index contributed by atoms with van der Waals surface area (Å²) in [4.78, 5) is 0. The Labute approximate surface area is 163 Å². The summed E-state index contributed by atoms with van der Waals surface area (Å²) in [6.45, 7) is 0. The fourth-order valence-electron chi connectivity index (χ4n) is 5.59. The molecular formula is C28H18. The minimum absolute atomic E-state index is 1.14. The van der Waals surface area contributed by atoms with Gasteiger partial charge in [-0.05, 0) is 77.8 Å². The molecule has 0 N–H and O–H groups in total. The first-order valence-electron chi connectivity index (χ1n) is 10.1. The van der Waals surface area contributed by atoms with Gasteiger partial charge in [0.1, 0.15) is 0 Å². The third-order valence-electron chi connectivity index (χ3n) is 6.69. The molecule has 0 saturated heterocycles. The molecule has 6 aromatic rings. The Balaban J connectivity index is 1.99. The number of hydrogen-bond acceptors (Lipinski definition) is 0. The van der Waals surface area contributed by atoms with Crippen molar-refractivity contribution in [3.05, 3.63) is 96.1 Å². The van der Waals surface area contributed by atoms with Crippen LogP contribution in [0.25, 0.3) is 53.9 Å². The summed E-state index contributed by atoms with van der Waals surface area (Å²) >= 11 is 0. The first-order chi connectivity index (χ1) is 13.9. The molecule has 0 radical (unpaired) electrons. The van der Waals surface area contributed by atoms with Crippen molar-refractivity contribution in [1.29, 1.82) is 0 Å². The van der Waals surface area contributed by atoms with Gasteiger partial charge >= 0.3 is 0 Å². The molecule has 1 aliphatic carbocycles. The summed E-state index contributed by atoms with van der Waals surface area (Å²) in [7, 11) is 0. The van der Waals surface area contributed by atoms with Crippen LogP contribution < -0.4 is 0 Å². The smallest absolute Gasteiger partial charge is 0.00138 e. The number of benzene rings is 6. The molecule has 0 spiro atoms. The molecule has 0 unspecified atom stereocenters. The molecule has 0 nitrogen and oxygen atoms in total. The van der Waals surface area contributed by atoms with Crippen LogP contribution in [0.2, 0.25) is 0 Å². The Morgan fingerprint density at radius 1 is 0.321 bits per heavy atom. The van der Waals surface area contributed by atoms with E-state index in [9.17, 15) is 0 Å². The second-order valence-corrected chi connectivity index (χ2v) is 8.02. The van der Waals surface area contributed by atoms with Crippen molar-refractivity contribution in [2.24, 2.45) is 0 Å². The summed E-state index contributed by atoms with van der Waals surface area (Å²) in [6.07, 6.45) is 2.28. The number of rotatable bonds is 0. The molecule has 0 amide bonds. The van der Waals surface area contributed by atoms with Crippen LogP contribution in [-0.4, -0.2) is 0 Å². The zero-order chi connectivity index (χ0) is 18.2. The first-order valence-corrected chi connectivity index (χ1v) is 10.1. The molecule has 0 fully saturated rings. The van der Waals surface area contributed by atoms with Gasteiger partial charge in [-0.15, -0.1) is 0 Å². The van der Waals surface area contributed by atoms with Crippen LogP contribution in [0.5, 0.6) is 0 Å². The summed E-state index contributed by atoms with van der Waals surface area (Å²) in [5, 5.41) is 14.0. The lowest BCUT2D eigenvalue weighted by Crippen LogP contribution is -2.02. The van der Waals surface area contributed by atoms with Gasteiger partial charge in [0, 0.05) is 0 Å². The van der Waals surface area contributed by atoms with Gasteiger partial charge in [0.05, 0.1) is 0 Å². The molecule has 130 valence electrons. The normalized spacial score (nSPS) is 13.4. The minimum atomic E-state index is 1.14. The zero-order valence-electron chi connectivity index (χ0n) is 15.5. The minimum Gasteiger partial charge on any atom is -0.0616 e. The van der Waals surface area contributed by atoms with Crippen molar-refractivity contribution in [2.45, 2.75) is 12.8 Å². The lowest BCUT2D eigenvalue weighted by Gasteiger charge is -2.22. The van der Waals surface area contributed by atoms with E-state index in [4.69, 9.17) is 0 Å². The summed E-state index contributed by atoms with van der Waals surface area (Å²) in [5.74, 6) is 0. The monoisotopic (exact) mass is 354 g/mol. The second kappa shape index (κ2) is 5.11. The molecule has 0 aliphatic heterocycles. The molecule has 7 rings (SSSR count). The molecule has 0 heterocycles. The predicted octanol–water partition coefficient (Wildman–Crippen LogP) is 7.55. The summed E-state index contributed by atoms with van der Waals surface area (Å²) in [5.41, 5.74) is 3.00. The van der Waals surface area contributed by atoms with Crippen LogP contribution in [0.3, 0.4) is 0 Å². The van der Waals surface area contributed by atoms with Gasteiger partial charge in [-0.3, -0.25) is 0 Å². The van der Waals surface area contributed by atoms with Gasteiger partial charge in [0.25, 0.3) is 0 Å². The van der Waals surface area contributed by atoms with E-state index in [1.807, 2.05) is 0 Å².